The largest absolute Gasteiger partial charge is 0.493 e. The molecular weight excluding hydrogens is 242 g/mol. The molecule has 0 aromatic carbocycles. The van der Waals surface area contributed by atoms with Crippen LogP contribution < -0.4 is 10.1 Å². The van der Waals surface area contributed by atoms with E-state index in [4.69, 9.17) is 4.74 Å². The van der Waals surface area contributed by atoms with Crippen LogP contribution in [0.25, 0.3) is 0 Å². The fourth-order valence-electron chi connectivity index (χ4n) is 2.66. The van der Waals surface area contributed by atoms with E-state index in [2.05, 4.69) is 10.4 Å². The Morgan fingerprint density at radius 1 is 1.63 bits per heavy atom. The quantitative estimate of drug-likeness (QED) is 0.798. The minimum absolute atomic E-state index is 0.141. The Balaban J connectivity index is 1.96. The fraction of sp³-hybridized carbons (Fsp3) is 0.714. The number of aryl methyl sites for hydroxylation is 1. The van der Waals surface area contributed by atoms with Gasteiger partial charge >= 0.3 is 0 Å². The Hall–Kier alpha value is -1.36. The highest BCUT2D eigenvalue weighted by atomic mass is 16.5. The molecule has 5 nitrogen and oxygen atoms in total. The van der Waals surface area contributed by atoms with Gasteiger partial charge in [0.1, 0.15) is 5.69 Å². The topological polar surface area (TPSA) is 56.2 Å². The maximum Gasteiger partial charge on any atom is 0.184 e. The van der Waals surface area contributed by atoms with Gasteiger partial charge in [0, 0.05) is 13.0 Å². The van der Waals surface area contributed by atoms with E-state index in [1.165, 1.54) is 12.8 Å². The number of aromatic nitrogens is 2. The lowest BCUT2D eigenvalue weighted by atomic mass is 9.93. The Kier molecular flexibility index (Phi) is 4.96. The third-order valence-electron chi connectivity index (χ3n) is 3.77. The molecule has 0 spiro atoms. The highest BCUT2D eigenvalue weighted by Crippen LogP contribution is 2.22. The molecule has 2 rings (SSSR count). The second kappa shape index (κ2) is 6.70. The molecule has 0 saturated carbocycles. The summed E-state index contributed by atoms with van der Waals surface area (Å²) in [6, 6.07) is 0. The standard InChI is InChI=1S/C14H23N3O2/c1-3-17-14(13(19-2)10-16-17)12(18)7-6-11-5-4-8-15-9-11/h10-11,15H,3-9H2,1-2H3. The summed E-state index contributed by atoms with van der Waals surface area (Å²) >= 11 is 0. The zero-order chi connectivity index (χ0) is 13.7. The van der Waals surface area contributed by atoms with Crippen molar-refractivity contribution in [2.45, 2.75) is 39.2 Å². The molecule has 1 aromatic heterocycles. The number of hydrogen-bond donors (Lipinski definition) is 1. The summed E-state index contributed by atoms with van der Waals surface area (Å²) in [5, 5.41) is 7.56. The maximum absolute atomic E-state index is 12.3. The van der Waals surface area contributed by atoms with Gasteiger partial charge in [0.25, 0.3) is 0 Å². The number of piperidine rings is 1. The highest BCUT2D eigenvalue weighted by Gasteiger charge is 2.20. The first kappa shape index (κ1) is 14.1. The molecule has 106 valence electrons. The Bertz CT molecular complexity index is 401. The van der Waals surface area contributed by atoms with Crippen molar-refractivity contribution >= 4 is 5.78 Å². The lowest BCUT2D eigenvalue weighted by Gasteiger charge is -2.22. The SMILES string of the molecule is CCn1ncc(OC)c1C(=O)CCC1CCCNC1. The first-order valence-corrected chi connectivity index (χ1v) is 7.10. The third-order valence-corrected chi connectivity index (χ3v) is 3.77. The molecular formula is C14H23N3O2. The van der Waals surface area contributed by atoms with E-state index in [0.717, 1.165) is 19.5 Å². The van der Waals surface area contributed by atoms with Gasteiger partial charge in [-0.1, -0.05) is 0 Å². The van der Waals surface area contributed by atoms with Crippen LogP contribution in [0.5, 0.6) is 5.75 Å². The van der Waals surface area contributed by atoms with Gasteiger partial charge < -0.3 is 10.1 Å². The number of ketones is 1. The van der Waals surface area contributed by atoms with Crippen LogP contribution in [-0.2, 0) is 6.54 Å². The van der Waals surface area contributed by atoms with Crippen molar-refractivity contribution in [2.75, 3.05) is 20.2 Å². The van der Waals surface area contributed by atoms with Crippen LogP contribution in [0, 0.1) is 5.92 Å². The van der Waals surface area contributed by atoms with Crippen molar-refractivity contribution in [1.82, 2.24) is 15.1 Å². The van der Waals surface area contributed by atoms with Crippen molar-refractivity contribution in [2.24, 2.45) is 5.92 Å². The van der Waals surface area contributed by atoms with Crippen LogP contribution in [0.2, 0.25) is 0 Å². The Morgan fingerprint density at radius 2 is 2.47 bits per heavy atom. The van der Waals surface area contributed by atoms with Gasteiger partial charge in [-0.2, -0.15) is 5.10 Å². The van der Waals surface area contributed by atoms with Crippen LogP contribution in [0.4, 0.5) is 0 Å². The number of carbonyl (C=O) groups excluding carboxylic acids is 1. The first-order chi connectivity index (χ1) is 9.26. The highest BCUT2D eigenvalue weighted by molar-refractivity contribution is 5.97. The van der Waals surface area contributed by atoms with E-state index in [9.17, 15) is 4.79 Å². The van der Waals surface area contributed by atoms with E-state index >= 15 is 0 Å². The molecule has 0 bridgehead atoms. The molecule has 19 heavy (non-hydrogen) atoms. The summed E-state index contributed by atoms with van der Waals surface area (Å²) in [4.78, 5) is 12.3. The van der Waals surface area contributed by atoms with E-state index in [0.29, 0.717) is 30.3 Å². The summed E-state index contributed by atoms with van der Waals surface area (Å²) < 4.78 is 6.95. The normalized spacial score (nSPS) is 19.4. The monoisotopic (exact) mass is 265 g/mol. The zero-order valence-corrected chi connectivity index (χ0v) is 11.8. The smallest absolute Gasteiger partial charge is 0.184 e. The average Bonchev–Trinajstić information content (AvgIpc) is 2.89. The van der Waals surface area contributed by atoms with Crippen LogP contribution in [0.15, 0.2) is 6.20 Å². The van der Waals surface area contributed by atoms with E-state index in [1.54, 1.807) is 18.0 Å². The van der Waals surface area contributed by atoms with Crippen LogP contribution in [0.1, 0.15) is 43.1 Å². The minimum atomic E-state index is 0.141. The summed E-state index contributed by atoms with van der Waals surface area (Å²) in [7, 11) is 1.58. The molecule has 1 N–H and O–H groups in total. The lowest BCUT2D eigenvalue weighted by molar-refractivity contribution is 0.0958. The van der Waals surface area contributed by atoms with Gasteiger partial charge in [-0.15, -0.1) is 0 Å². The summed E-state index contributed by atoms with van der Waals surface area (Å²) in [5.74, 6) is 1.36. The number of nitrogens with zero attached hydrogens (tertiary/aromatic N) is 2. The first-order valence-electron chi connectivity index (χ1n) is 7.10. The van der Waals surface area contributed by atoms with Crippen molar-refractivity contribution < 1.29 is 9.53 Å². The molecule has 1 unspecified atom stereocenters. The molecule has 1 aromatic rings. The van der Waals surface area contributed by atoms with E-state index in [1.807, 2.05) is 6.92 Å². The van der Waals surface area contributed by atoms with Crippen molar-refractivity contribution in [3.05, 3.63) is 11.9 Å². The van der Waals surface area contributed by atoms with Crippen molar-refractivity contribution in [3.8, 4) is 5.75 Å². The predicted octanol–water partition coefficient (Wildman–Crippen LogP) is 1.87. The van der Waals surface area contributed by atoms with Gasteiger partial charge in [-0.25, -0.2) is 0 Å². The van der Waals surface area contributed by atoms with Gasteiger partial charge in [-0.3, -0.25) is 9.48 Å². The van der Waals surface area contributed by atoms with Gasteiger partial charge in [0.15, 0.2) is 11.5 Å². The molecule has 1 aliphatic heterocycles. The van der Waals surface area contributed by atoms with Gasteiger partial charge in [0.05, 0.1) is 13.3 Å². The van der Waals surface area contributed by atoms with Crippen LogP contribution >= 0.6 is 0 Å². The number of hydrogen-bond acceptors (Lipinski definition) is 4. The molecule has 0 amide bonds. The summed E-state index contributed by atoms with van der Waals surface area (Å²) in [6.45, 7) is 4.82. The van der Waals surface area contributed by atoms with E-state index in [-0.39, 0.29) is 5.78 Å². The van der Waals surface area contributed by atoms with Crippen molar-refractivity contribution in [1.29, 1.82) is 0 Å². The maximum atomic E-state index is 12.3. The second-order valence-corrected chi connectivity index (χ2v) is 5.05. The van der Waals surface area contributed by atoms with Gasteiger partial charge in [0.2, 0.25) is 0 Å². The molecule has 1 atom stereocenters. The molecule has 0 radical (unpaired) electrons. The number of rotatable bonds is 6. The van der Waals surface area contributed by atoms with Crippen LogP contribution in [-0.4, -0.2) is 35.8 Å². The molecule has 2 heterocycles. The summed E-state index contributed by atoms with van der Waals surface area (Å²) in [5.41, 5.74) is 0.619. The average molecular weight is 265 g/mol. The van der Waals surface area contributed by atoms with Crippen LogP contribution in [0.3, 0.4) is 0 Å². The number of carbonyl (C=O) groups is 1. The lowest BCUT2D eigenvalue weighted by Crippen LogP contribution is -2.30. The second-order valence-electron chi connectivity index (χ2n) is 5.05. The summed E-state index contributed by atoms with van der Waals surface area (Å²) in [6.07, 6.45) is 5.59. The fourth-order valence-corrected chi connectivity index (χ4v) is 2.66. The number of nitrogens with one attached hydrogen (secondary N) is 1. The number of ether oxygens (including phenoxy) is 1. The van der Waals surface area contributed by atoms with Gasteiger partial charge in [-0.05, 0) is 45.2 Å². The Labute approximate surface area is 114 Å². The van der Waals surface area contributed by atoms with E-state index < -0.39 is 0 Å². The molecule has 1 saturated heterocycles. The van der Waals surface area contributed by atoms with Crippen molar-refractivity contribution in [3.63, 3.8) is 0 Å². The molecule has 1 fully saturated rings. The molecule has 0 aliphatic carbocycles. The molecule has 1 aliphatic rings. The third kappa shape index (κ3) is 3.35. The predicted molar refractivity (Wildman–Crippen MR) is 73.6 cm³/mol. The minimum Gasteiger partial charge on any atom is -0.493 e. The number of methoxy groups -OCH3 is 1. The Morgan fingerprint density at radius 3 is 3.11 bits per heavy atom. The molecule has 5 heteroatoms. The zero-order valence-electron chi connectivity index (χ0n) is 11.8. The number of Topliss-reactive ketones (excluding diaryl/α,β-unsaturated/α-hetero) is 1.